The largest absolute Gasteiger partial charge is 0.345 e. The van der Waals surface area contributed by atoms with Gasteiger partial charge in [0.15, 0.2) is 5.78 Å². The number of nitrogens with zero attached hydrogens (tertiary/aromatic N) is 2. The zero-order valence-corrected chi connectivity index (χ0v) is 9.76. The number of Topliss-reactive ketones (excluding diaryl/α,β-unsaturated/α-hetero) is 1. The van der Waals surface area contributed by atoms with Gasteiger partial charge < -0.3 is 4.90 Å². The molecule has 6 heteroatoms. The second-order valence-corrected chi connectivity index (χ2v) is 3.78. The summed E-state index contributed by atoms with van der Waals surface area (Å²) in [5.74, 6) is -0.697. The van der Waals surface area contributed by atoms with E-state index in [0.29, 0.717) is 0 Å². The number of ketones is 1. The van der Waals surface area contributed by atoms with E-state index in [9.17, 15) is 19.7 Å². The molecule has 0 aliphatic rings. The van der Waals surface area contributed by atoms with Gasteiger partial charge >= 0.3 is 0 Å². The van der Waals surface area contributed by atoms with Crippen LogP contribution in [0.5, 0.6) is 0 Å². The molecule has 1 rings (SSSR count). The highest BCUT2D eigenvalue weighted by molar-refractivity contribution is 6.00. The van der Waals surface area contributed by atoms with E-state index < -0.39 is 4.92 Å². The fourth-order valence-electron chi connectivity index (χ4n) is 1.30. The van der Waals surface area contributed by atoms with Crippen LogP contribution in [0.15, 0.2) is 18.2 Å². The van der Waals surface area contributed by atoms with Crippen molar-refractivity contribution in [2.75, 3.05) is 14.1 Å². The smallest absolute Gasteiger partial charge is 0.270 e. The molecule has 17 heavy (non-hydrogen) atoms. The number of carbonyl (C=O) groups excluding carboxylic acids is 2. The van der Waals surface area contributed by atoms with Gasteiger partial charge in [0.2, 0.25) is 0 Å². The minimum Gasteiger partial charge on any atom is -0.345 e. The van der Waals surface area contributed by atoms with Crippen LogP contribution in [0.1, 0.15) is 27.6 Å². The van der Waals surface area contributed by atoms with Crippen LogP contribution in [-0.2, 0) is 0 Å². The average Bonchev–Trinajstić information content (AvgIpc) is 2.27. The van der Waals surface area contributed by atoms with Crippen molar-refractivity contribution in [3.05, 3.63) is 39.4 Å². The van der Waals surface area contributed by atoms with E-state index in [4.69, 9.17) is 0 Å². The molecule has 90 valence electrons. The standard InChI is InChI=1S/C11H12N2O4/c1-7(14)8-4-9(11(15)12(2)3)6-10(5-8)13(16)17/h4-6H,1-3H3. The Morgan fingerprint density at radius 3 is 2.12 bits per heavy atom. The SMILES string of the molecule is CC(=O)c1cc(C(=O)N(C)C)cc([N+](=O)[O-])c1. The number of benzene rings is 1. The molecule has 1 amide bonds. The van der Waals surface area contributed by atoms with E-state index in [0.717, 1.165) is 12.1 Å². The lowest BCUT2D eigenvalue weighted by atomic mass is 10.1. The van der Waals surface area contributed by atoms with E-state index in [-0.39, 0.29) is 28.5 Å². The molecule has 0 heterocycles. The molecule has 0 atom stereocenters. The second-order valence-electron chi connectivity index (χ2n) is 3.78. The molecular weight excluding hydrogens is 224 g/mol. The van der Waals surface area contributed by atoms with Crippen molar-refractivity contribution in [3.63, 3.8) is 0 Å². The third-order valence-corrected chi connectivity index (χ3v) is 2.19. The fourth-order valence-corrected chi connectivity index (χ4v) is 1.30. The molecule has 0 radical (unpaired) electrons. The third-order valence-electron chi connectivity index (χ3n) is 2.19. The maximum Gasteiger partial charge on any atom is 0.270 e. The van der Waals surface area contributed by atoms with Crippen LogP contribution in [0.3, 0.4) is 0 Å². The first-order chi connectivity index (χ1) is 7.82. The summed E-state index contributed by atoms with van der Waals surface area (Å²) in [6.45, 7) is 1.29. The maximum atomic E-state index is 11.7. The predicted molar refractivity (Wildman–Crippen MR) is 61.1 cm³/mol. The summed E-state index contributed by atoms with van der Waals surface area (Å²) in [5.41, 5.74) is 0.0294. The van der Waals surface area contributed by atoms with Crippen LogP contribution in [0.25, 0.3) is 0 Å². The Balaban J connectivity index is 3.36. The van der Waals surface area contributed by atoms with Crippen LogP contribution < -0.4 is 0 Å². The number of nitro benzene ring substituents is 1. The molecule has 0 aliphatic carbocycles. The van der Waals surface area contributed by atoms with Crippen LogP contribution in [-0.4, -0.2) is 35.6 Å². The topological polar surface area (TPSA) is 80.5 Å². The van der Waals surface area contributed by atoms with Crippen LogP contribution >= 0.6 is 0 Å². The predicted octanol–water partition coefficient (Wildman–Crippen LogP) is 1.50. The molecule has 0 aliphatic heterocycles. The lowest BCUT2D eigenvalue weighted by molar-refractivity contribution is -0.384. The number of carbonyl (C=O) groups is 2. The molecule has 6 nitrogen and oxygen atoms in total. The number of amides is 1. The van der Waals surface area contributed by atoms with E-state index in [1.807, 2.05) is 0 Å². The van der Waals surface area contributed by atoms with Gasteiger partial charge in [-0.05, 0) is 13.0 Å². The first kappa shape index (κ1) is 12.8. The first-order valence-electron chi connectivity index (χ1n) is 4.85. The zero-order valence-electron chi connectivity index (χ0n) is 9.76. The number of hydrogen-bond donors (Lipinski definition) is 0. The number of nitro groups is 1. The quantitative estimate of drug-likeness (QED) is 0.452. The molecular formula is C11H12N2O4. The number of non-ortho nitro benzene ring substituents is 1. The summed E-state index contributed by atoms with van der Waals surface area (Å²) in [5, 5.41) is 10.7. The van der Waals surface area contributed by atoms with Gasteiger partial charge in [-0.15, -0.1) is 0 Å². The van der Waals surface area contributed by atoms with Gasteiger partial charge in [0.25, 0.3) is 11.6 Å². The van der Waals surface area contributed by atoms with E-state index in [2.05, 4.69) is 0 Å². The number of hydrogen-bond acceptors (Lipinski definition) is 4. The molecule has 0 fully saturated rings. The highest BCUT2D eigenvalue weighted by Crippen LogP contribution is 2.18. The Hall–Kier alpha value is -2.24. The molecule has 0 aromatic heterocycles. The Labute approximate surface area is 98.0 Å². The van der Waals surface area contributed by atoms with E-state index in [1.165, 1.54) is 32.0 Å². The van der Waals surface area contributed by atoms with Crippen LogP contribution in [0.4, 0.5) is 5.69 Å². The van der Waals surface area contributed by atoms with E-state index >= 15 is 0 Å². The van der Waals surface area contributed by atoms with Crippen molar-refractivity contribution in [1.29, 1.82) is 0 Å². The maximum absolute atomic E-state index is 11.7. The first-order valence-corrected chi connectivity index (χ1v) is 4.85. The second kappa shape index (κ2) is 4.73. The summed E-state index contributed by atoms with van der Waals surface area (Å²) in [4.78, 5) is 34.3. The summed E-state index contributed by atoms with van der Waals surface area (Å²) < 4.78 is 0. The Morgan fingerprint density at radius 1 is 1.18 bits per heavy atom. The highest BCUT2D eigenvalue weighted by atomic mass is 16.6. The fraction of sp³-hybridized carbons (Fsp3) is 0.273. The van der Waals surface area contributed by atoms with Crippen molar-refractivity contribution >= 4 is 17.4 Å². The lowest BCUT2D eigenvalue weighted by Gasteiger charge is -2.10. The Morgan fingerprint density at radius 2 is 1.71 bits per heavy atom. The van der Waals surface area contributed by atoms with Gasteiger partial charge in [-0.3, -0.25) is 19.7 Å². The van der Waals surface area contributed by atoms with Gasteiger partial charge in [-0.25, -0.2) is 0 Å². The molecule has 0 saturated carbocycles. The van der Waals surface area contributed by atoms with Crippen molar-refractivity contribution < 1.29 is 14.5 Å². The highest BCUT2D eigenvalue weighted by Gasteiger charge is 2.17. The monoisotopic (exact) mass is 236 g/mol. The lowest BCUT2D eigenvalue weighted by Crippen LogP contribution is -2.22. The summed E-state index contributed by atoms with van der Waals surface area (Å²) in [7, 11) is 3.07. The molecule has 0 bridgehead atoms. The van der Waals surface area contributed by atoms with Gasteiger partial charge in [-0.1, -0.05) is 0 Å². The molecule has 1 aromatic rings. The minimum atomic E-state index is -0.626. The van der Waals surface area contributed by atoms with Crippen molar-refractivity contribution in [2.24, 2.45) is 0 Å². The molecule has 0 N–H and O–H groups in total. The van der Waals surface area contributed by atoms with Crippen molar-refractivity contribution in [1.82, 2.24) is 4.90 Å². The van der Waals surface area contributed by atoms with E-state index in [1.54, 1.807) is 0 Å². The normalized spacial score (nSPS) is 9.82. The summed E-state index contributed by atoms with van der Waals surface area (Å²) in [6, 6.07) is 3.68. The summed E-state index contributed by atoms with van der Waals surface area (Å²) >= 11 is 0. The Kier molecular flexibility index (Phi) is 3.57. The number of rotatable bonds is 3. The Bertz CT molecular complexity index is 462. The van der Waals surface area contributed by atoms with Crippen molar-refractivity contribution in [2.45, 2.75) is 6.92 Å². The average molecular weight is 236 g/mol. The van der Waals surface area contributed by atoms with Crippen molar-refractivity contribution in [3.8, 4) is 0 Å². The minimum absolute atomic E-state index is 0.134. The summed E-state index contributed by atoms with van der Waals surface area (Å²) in [6.07, 6.45) is 0. The molecule has 0 saturated heterocycles. The van der Waals surface area contributed by atoms with Gasteiger partial charge in [0, 0.05) is 37.4 Å². The van der Waals surface area contributed by atoms with Gasteiger partial charge in [-0.2, -0.15) is 0 Å². The zero-order chi connectivity index (χ0) is 13.2. The molecule has 0 unspecified atom stereocenters. The van der Waals surface area contributed by atoms with Crippen LogP contribution in [0, 0.1) is 10.1 Å². The van der Waals surface area contributed by atoms with Gasteiger partial charge in [0.1, 0.15) is 0 Å². The molecule has 1 aromatic carbocycles. The van der Waals surface area contributed by atoms with Gasteiger partial charge in [0.05, 0.1) is 4.92 Å². The molecule has 0 spiro atoms. The van der Waals surface area contributed by atoms with Crippen LogP contribution in [0.2, 0.25) is 0 Å². The third kappa shape index (κ3) is 2.87.